The van der Waals surface area contributed by atoms with Crippen LogP contribution in [0.5, 0.6) is 11.5 Å². The molecule has 0 atom stereocenters. The van der Waals surface area contributed by atoms with Gasteiger partial charge in [-0.15, -0.1) is 0 Å². The minimum absolute atomic E-state index is 0.230. The number of rotatable bonds is 8. The zero-order chi connectivity index (χ0) is 27.7. The molecule has 4 rings (SSSR count). The van der Waals surface area contributed by atoms with Gasteiger partial charge in [-0.3, -0.25) is 0 Å². The van der Waals surface area contributed by atoms with Crippen LogP contribution in [0.3, 0.4) is 0 Å². The number of ether oxygens (including phenoxy) is 2. The number of fused-ring (bicyclic) bond motifs is 1. The second-order valence-corrected chi connectivity index (χ2v) is 9.36. The number of likely N-dealkylation sites (tertiary alicyclic amines) is 1. The fraction of sp³-hybridized carbons (Fsp3) is 0.464. The summed E-state index contributed by atoms with van der Waals surface area (Å²) >= 11 is 0. The summed E-state index contributed by atoms with van der Waals surface area (Å²) in [7, 11) is 5.09. The van der Waals surface area contributed by atoms with Crippen molar-refractivity contribution in [1.29, 1.82) is 0 Å². The summed E-state index contributed by atoms with van der Waals surface area (Å²) in [5.74, 6) is 1.99. The van der Waals surface area contributed by atoms with Gasteiger partial charge < -0.3 is 35.4 Å². The molecule has 2 aromatic carbocycles. The number of benzene rings is 2. The number of anilines is 2. The lowest BCUT2D eigenvalue weighted by Gasteiger charge is -2.43. The molecule has 38 heavy (non-hydrogen) atoms. The number of carbonyl (C=O) groups is 1. The Morgan fingerprint density at radius 1 is 1.08 bits per heavy atom. The molecule has 0 aliphatic carbocycles. The van der Waals surface area contributed by atoms with Gasteiger partial charge in [-0.05, 0) is 37.6 Å². The third kappa shape index (κ3) is 6.55. The van der Waals surface area contributed by atoms with Crippen molar-refractivity contribution in [2.45, 2.75) is 32.1 Å². The van der Waals surface area contributed by atoms with Crippen LogP contribution in [-0.4, -0.2) is 80.1 Å². The number of piperidine rings is 1. The van der Waals surface area contributed by atoms with Crippen molar-refractivity contribution in [3.8, 4) is 11.5 Å². The van der Waals surface area contributed by atoms with Crippen LogP contribution in [0.25, 0.3) is 10.9 Å². The molecule has 0 spiro atoms. The van der Waals surface area contributed by atoms with Crippen molar-refractivity contribution in [3.63, 3.8) is 0 Å². The number of nitrogens with one attached hydrogen (secondary N) is 1. The van der Waals surface area contributed by atoms with Crippen molar-refractivity contribution >= 4 is 28.8 Å². The summed E-state index contributed by atoms with van der Waals surface area (Å²) < 4.78 is 10.8. The smallest absolute Gasteiger partial charge is 0.407 e. The van der Waals surface area contributed by atoms with E-state index in [0.717, 1.165) is 13.1 Å². The molecule has 1 aromatic heterocycles. The van der Waals surface area contributed by atoms with Crippen molar-refractivity contribution in [2.75, 3.05) is 64.6 Å². The van der Waals surface area contributed by atoms with E-state index >= 15 is 0 Å². The van der Waals surface area contributed by atoms with E-state index < -0.39 is 6.09 Å². The van der Waals surface area contributed by atoms with Crippen LogP contribution >= 0.6 is 0 Å². The molecular formula is C28H40N6O4. The minimum atomic E-state index is -0.875. The fourth-order valence-electron chi connectivity index (χ4n) is 4.87. The second-order valence-electron chi connectivity index (χ2n) is 9.36. The Balaban J connectivity index is 0.000000732. The first-order valence-corrected chi connectivity index (χ1v) is 12.9. The largest absolute Gasteiger partial charge is 0.493 e. The summed E-state index contributed by atoms with van der Waals surface area (Å²) in [4.78, 5) is 24.2. The number of methoxy groups -OCH3 is 2. The van der Waals surface area contributed by atoms with Gasteiger partial charge in [-0.25, -0.2) is 9.78 Å². The van der Waals surface area contributed by atoms with Crippen LogP contribution in [0.15, 0.2) is 42.5 Å². The highest BCUT2D eigenvalue weighted by Gasteiger charge is 2.39. The number of nitrogens with two attached hydrogens (primary N) is 1. The fourth-order valence-corrected chi connectivity index (χ4v) is 4.87. The van der Waals surface area contributed by atoms with Crippen LogP contribution in [0.1, 0.15) is 32.3 Å². The molecule has 1 aliphatic heterocycles. The molecule has 3 aromatic rings. The number of hydrogen-bond acceptors (Lipinski definition) is 8. The van der Waals surface area contributed by atoms with Gasteiger partial charge in [0.15, 0.2) is 11.5 Å². The molecule has 10 heteroatoms. The van der Waals surface area contributed by atoms with Crippen LogP contribution < -0.4 is 25.4 Å². The lowest BCUT2D eigenvalue weighted by atomic mass is 9.72. The molecule has 0 radical (unpaired) electrons. The number of carboxylic acid groups (broad SMARTS) is 1. The van der Waals surface area contributed by atoms with Gasteiger partial charge in [-0.1, -0.05) is 44.2 Å². The van der Waals surface area contributed by atoms with Crippen LogP contribution in [-0.2, 0) is 5.41 Å². The third-order valence-corrected chi connectivity index (χ3v) is 6.98. The van der Waals surface area contributed by atoms with Crippen LogP contribution in [0.4, 0.5) is 16.6 Å². The van der Waals surface area contributed by atoms with Gasteiger partial charge in [-0.2, -0.15) is 4.98 Å². The maximum atomic E-state index is 11.5. The van der Waals surface area contributed by atoms with Gasteiger partial charge in [0.2, 0.25) is 5.95 Å². The van der Waals surface area contributed by atoms with Crippen molar-refractivity contribution in [3.05, 3.63) is 48.0 Å². The maximum Gasteiger partial charge on any atom is 0.407 e. The molecule has 1 aliphatic rings. The van der Waals surface area contributed by atoms with E-state index in [-0.39, 0.29) is 5.41 Å². The number of nitrogens with zero attached hydrogens (tertiary/aromatic N) is 4. The lowest BCUT2D eigenvalue weighted by molar-refractivity contribution is 0.117. The molecule has 4 N–H and O–H groups in total. The molecule has 1 fully saturated rings. The maximum absolute atomic E-state index is 11.5. The van der Waals surface area contributed by atoms with Crippen molar-refractivity contribution in [2.24, 2.45) is 0 Å². The van der Waals surface area contributed by atoms with Crippen molar-refractivity contribution < 1.29 is 19.4 Å². The minimum Gasteiger partial charge on any atom is -0.493 e. The summed E-state index contributed by atoms with van der Waals surface area (Å²) in [5.41, 5.74) is 7.91. The van der Waals surface area contributed by atoms with Gasteiger partial charge in [0.25, 0.3) is 0 Å². The second kappa shape index (κ2) is 13.1. The summed E-state index contributed by atoms with van der Waals surface area (Å²) in [6.07, 6.45) is 0.545. The molecule has 0 bridgehead atoms. The first-order valence-electron chi connectivity index (χ1n) is 12.9. The predicted molar refractivity (Wildman–Crippen MR) is 151 cm³/mol. The molecule has 0 saturated carbocycles. The standard InChI is InChI=1S/C24H29N5O4.C4H11N/c1-28(22-26-18-14-20(33-3)19(32-2)13-17(18)21(25)27-22)15-24(16-7-5-4-6-8-16)9-11-29(12-10-24)23(30)31;1-3-5-4-2/h4-8,13-14H,9-12,15H2,1-3H3,(H,30,31)(H2,25,26,27);5H,3-4H2,1-2H3. The Labute approximate surface area is 224 Å². The Kier molecular flexibility index (Phi) is 9.95. The van der Waals surface area contributed by atoms with E-state index in [2.05, 4.69) is 36.3 Å². The van der Waals surface area contributed by atoms with E-state index in [1.165, 1.54) is 10.5 Å². The SMILES string of the molecule is CCNCC.COc1cc2nc(N(C)CC3(c4ccccc4)CCN(C(=O)O)CC3)nc(N)c2cc1OC. The number of aromatic nitrogens is 2. The number of nitrogen functional groups attached to an aromatic ring is 1. The number of hydrogen-bond donors (Lipinski definition) is 3. The number of likely N-dealkylation sites (N-methyl/N-ethyl adjacent to an activating group) is 1. The van der Waals surface area contributed by atoms with E-state index in [9.17, 15) is 9.90 Å². The molecule has 0 unspecified atom stereocenters. The average molecular weight is 525 g/mol. The normalized spacial score (nSPS) is 14.4. The van der Waals surface area contributed by atoms with Gasteiger partial charge in [0.1, 0.15) is 5.82 Å². The van der Waals surface area contributed by atoms with E-state index in [4.69, 9.17) is 20.2 Å². The van der Waals surface area contributed by atoms with E-state index in [0.29, 0.717) is 66.6 Å². The monoisotopic (exact) mass is 524 g/mol. The Morgan fingerprint density at radius 2 is 1.68 bits per heavy atom. The topological polar surface area (TPSA) is 126 Å². The molecule has 1 saturated heterocycles. The van der Waals surface area contributed by atoms with E-state index in [1.807, 2.05) is 30.1 Å². The highest BCUT2D eigenvalue weighted by Crippen LogP contribution is 2.38. The first kappa shape index (κ1) is 28.8. The zero-order valence-corrected chi connectivity index (χ0v) is 23.0. The van der Waals surface area contributed by atoms with Crippen molar-refractivity contribution in [1.82, 2.24) is 20.2 Å². The number of amides is 1. The molecular weight excluding hydrogens is 484 g/mol. The van der Waals surface area contributed by atoms with Crippen LogP contribution in [0, 0.1) is 0 Å². The first-order chi connectivity index (χ1) is 18.3. The van der Waals surface area contributed by atoms with Crippen LogP contribution in [0.2, 0.25) is 0 Å². The molecule has 2 heterocycles. The highest BCUT2D eigenvalue weighted by molar-refractivity contribution is 5.91. The Hall–Kier alpha value is -3.79. The van der Waals surface area contributed by atoms with Gasteiger partial charge >= 0.3 is 6.09 Å². The lowest BCUT2D eigenvalue weighted by Crippen LogP contribution is -2.49. The molecule has 10 nitrogen and oxygen atoms in total. The zero-order valence-electron chi connectivity index (χ0n) is 23.0. The van der Waals surface area contributed by atoms with Gasteiger partial charge in [0, 0.05) is 43.5 Å². The Bertz CT molecular complexity index is 1200. The summed E-state index contributed by atoms with van der Waals surface area (Å²) in [6.45, 7) is 7.98. The third-order valence-electron chi connectivity index (χ3n) is 6.98. The highest BCUT2D eigenvalue weighted by atomic mass is 16.5. The predicted octanol–water partition coefficient (Wildman–Crippen LogP) is 3.99. The van der Waals surface area contributed by atoms with Gasteiger partial charge in [0.05, 0.1) is 19.7 Å². The van der Waals surface area contributed by atoms with E-state index in [1.54, 1.807) is 26.4 Å². The Morgan fingerprint density at radius 3 is 2.21 bits per heavy atom. The quantitative estimate of drug-likeness (QED) is 0.401. The summed E-state index contributed by atoms with van der Waals surface area (Å²) in [5, 5.41) is 13.2. The molecule has 1 amide bonds. The molecule has 206 valence electrons. The average Bonchev–Trinajstić information content (AvgIpc) is 2.93. The summed E-state index contributed by atoms with van der Waals surface area (Å²) in [6, 6.07) is 13.8.